The van der Waals surface area contributed by atoms with Crippen molar-refractivity contribution < 1.29 is 9.55 Å². The number of anilines is 2. The molecule has 2 aromatic carbocycles. The third-order valence-electron chi connectivity index (χ3n) is 2.69. The molecular formula is C14H14N3O2+. The lowest BCUT2D eigenvalue weighted by atomic mass is 10.1. The van der Waals surface area contributed by atoms with Crippen molar-refractivity contribution in [3.8, 4) is 0 Å². The highest BCUT2D eigenvalue weighted by Gasteiger charge is 2.10. The number of carbonyl (C=O) groups is 1. The molecule has 0 aliphatic heterocycles. The number of nitroso groups, excluding NO2 is 1. The summed E-state index contributed by atoms with van der Waals surface area (Å²) in [6.07, 6.45) is 0. The highest BCUT2D eigenvalue weighted by molar-refractivity contribution is 6.07. The molecule has 96 valence electrons. The molecule has 2 rings (SSSR count). The molecule has 0 bridgehead atoms. The van der Waals surface area contributed by atoms with Gasteiger partial charge in [-0.25, -0.2) is 0 Å². The molecule has 0 aliphatic carbocycles. The molecule has 0 radical (unpaired) electrons. The molecule has 19 heavy (non-hydrogen) atoms. The number of rotatable bonds is 3. The Morgan fingerprint density at radius 3 is 2.32 bits per heavy atom. The summed E-state index contributed by atoms with van der Waals surface area (Å²) in [5.74, 6) is -0.277. The van der Waals surface area contributed by atoms with Crippen LogP contribution < -0.4 is 11.1 Å². The van der Waals surface area contributed by atoms with Crippen LogP contribution in [0.3, 0.4) is 0 Å². The second kappa shape index (κ2) is 5.30. The lowest BCUT2D eigenvalue weighted by molar-refractivity contribution is -0.428. The fourth-order valence-electron chi connectivity index (χ4n) is 1.66. The molecule has 5 nitrogen and oxygen atoms in total. The van der Waals surface area contributed by atoms with Crippen molar-refractivity contribution >= 4 is 23.0 Å². The van der Waals surface area contributed by atoms with Gasteiger partial charge < -0.3 is 11.1 Å². The zero-order chi connectivity index (χ0) is 13.8. The average Bonchev–Trinajstić information content (AvgIpc) is 2.39. The third kappa shape index (κ3) is 2.95. The van der Waals surface area contributed by atoms with E-state index in [1.807, 2.05) is 0 Å². The van der Waals surface area contributed by atoms with Crippen molar-refractivity contribution in [3.05, 3.63) is 59.0 Å². The van der Waals surface area contributed by atoms with Crippen LogP contribution in [-0.4, -0.2) is 17.7 Å². The summed E-state index contributed by atoms with van der Waals surface area (Å²) in [6, 6.07) is 13.5. The molecule has 0 aromatic heterocycles. The van der Waals surface area contributed by atoms with E-state index in [1.165, 1.54) is 7.05 Å². The van der Waals surface area contributed by atoms with E-state index < -0.39 is 0 Å². The Bertz CT molecular complexity index is 621. The smallest absolute Gasteiger partial charge is 0.257 e. The molecule has 0 fully saturated rings. The molecule has 0 saturated heterocycles. The first-order valence-corrected chi connectivity index (χ1v) is 5.74. The topological polar surface area (TPSA) is 75.2 Å². The molecule has 0 atom stereocenters. The lowest BCUT2D eigenvalue weighted by Gasteiger charge is -2.06. The van der Waals surface area contributed by atoms with Gasteiger partial charge in [0.25, 0.3) is 11.6 Å². The van der Waals surface area contributed by atoms with Crippen LogP contribution in [0.4, 0.5) is 17.1 Å². The quantitative estimate of drug-likeness (QED) is 0.654. The van der Waals surface area contributed by atoms with Crippen LogP contribution in [0.25, 0.3) is 0 Å². The highest BCUT2D eigenvalue weighted by Crippen LogP contribution is 2.17. The van der Waals surface area contributed by atoms with E-state index in [9.17, 15) is 9.70 Å². The van der Waals surface area contributed by atoms with Gasteiger partial charge in [0.2, 0.25) is 0 Å². The van der Waals surface area contributed by atoms with Crippen LogP contribution in [0.1, 0.15) is 10.4 Å². The minimum Gasteiger partial charge on any atom is -0.398 e. The minimum atomic E-state index is -0.277. The summed E-state index contributed by atoms with van der Waals surface area (Å²) in [5, 5.41) is 2.73. The number of hydrogen-bond acceptors (Lipinski definition) is 3. The van der Waals surface area contributed by atoms with E-state index >= 15 is 0 Å². The zero-order valence-electron chi connectivity index (χ0n) is 10.5. The molecule has 5 heteroatoms. The Balaban J connectivity index is 2.15. The maximum absolute atomic E-state index is 12.0. The molecule has 0 aliphatic rings. The monoisotopic (exact) mass is 256 g/mol. The predicted molar refractivity (Wildman–Crippen MR) is 74.5 cm³/mol. The number of benzene rings is 2. The Morgan fingerprint density at radius 1 is 1.11 bits per heavy atom. The predicted octanol–water partition coefficient (Wildman–Crippen LogP) is 2.56. The summed E-state index contributed by atoms with van der Waals surface area (Å²) < 4.78 is 0.751. The van der Waals surface area contributed by atoms with Gasteiger partial charge in [0.1, 0.15) is 0 Å². The van der Waals surface area contributed by atoms with Crippen molar-refractivity contribution in [2.24, 2.45) is 0 Å². The number of nitrogens with one attached hydrogen (secondary N) is 1. The average molecular weight is 256 g/mol. The molecule has 0 unspecified atom stereocenters. The van der Waals surface area contributed by atoms with Crippen LogP contribution in [0, 0.1) is 4.91 Å². The number of nitrogens with zero attached hydrogens (tertiary/aromatic N) is 1. The van der Waals surface area contributed by atoms with Gasteiger partial charge in [0.15, 0.2) is 7.05 Å². The number of para-hydroxylation sites is 1. The van der Waals surface area contributed by atoms with E-state index in [1.54, 1.807) is 48.5 Å². The van der Waals surface area contributed by atoms with E-state index in [0.29, 0.717) is 22.6 Å². The molecule has 1 amide bonds. The summed E-state index contributed by atoms with van der Waals surface area (Å²) in [5.41, 5.74) is 7.72. The Hall–Kier alpha value is -2.69. The zero-order valence-corrected chi connectivity index (χ0v) is 10.5. The Morgan fingerprint density at radius 2 is 1.74 bits per heavy atom. The summed E-state index contributed by atoms with van der Waals surface area (Å²) >= 11 is 0. The standard InChI is InChI=1S/C14H13N3O2/c1-17(19)11-8-6-10(7-9-11)16-14(18)12-4-2-3-5-13(12)15/h2-9H,1H3,(H2-,15,16,18,19)/p+1. The van der Waals surface area contributed by atoms with Gasteiger partial charge in [0, 0.05) is 33.2 Å². The van der Waals surface area contributed by atoms with Crippen LogP contribution in [0.15, 0.2) is 48.5 Å². The van der Waals surface area contributed by atoms with E-state index in [0.717, 1.165) is 4.76 Å². The molecule has 3 N–H and O–H groups in total. The van der Waals surface area contributed by atoms with Gasteiger partial charge in [-0.15, -0.1) is 0 Å². The first-order chi connectivity index (χ1) is 9.08. The highest BCUT2D eigenvalue weighted by atomic mass is 16.3. The molecule has 0 saturated carbocycles. The molecular weight excluding hydrogens is 242 g/mol. The lowest BCUT2D eigenvalue weighted by Crippen LogP contribution is -2.13. The van der Waals surface area contributed by atoms with Crippen LogP contribution in [0.5, 0.6) is 0 Å². The van der Waals surface area contributed by atoms with Crippen LogP contribution in [0.2, 0.25) is 0 Å². The van der Waals surface area contributed by atoms with Gasteiger partial charge in [0.05, 0.1) is 5.56 Å². The first kappa shape index (κ1) is 12.8. The van der Waals surface area contributed by atoms with Crippen molar-refractivity contribution in [2.75, 3.05) is 18.1 Å². The van der Waals surface area contributed by atoms with Gasteiger partial charge in [-0.2, -0.15) is 0 Å². The van der Waals surface area contributed by atoms with Crippen molar-refractivity contribution in [2.45, 2.75) is 0 Å². The van der Waals surface area contributed by atoms with Crippen molar-refractivity contribution in [1.82, 2.24) is 0 Å². The molecule has 0 spiro atoms. The van der Waals surface area contributed by atoms with E-state index in [4.69, 9.17) is 5.73 Å². The van der Waals surface area contributed by atoms with Crippen LogP contribution >= 0.6 is 0 Å². The second-order valence-electron chi connectivity index (χ2n) is 4.09. The normalized spacial score (nSPS) is 9.95. The fraction of sp³-hybridized carbons (Fsp3) is 0.0714. The molecule has 0 heterocycles. The maximum atomic E-state index is 12.0. The number of nitrogens with two attached hydrogens (primary N) is 1. The Labute approximate surface area is 110 Å². The number of carbonyl (C=O) groups excluding carboxylic acids is 1. The summed E-state index contributed by atoms with van der Waals surface area (Å²) in [6.45, 7) is 0. The minimum absolute atomic E-state index is 0.277. The number of amides is 1. The summed E-state index contributed by atoms with van der Waals surface area (Å²) in [7, 11) is 1.41. The Kier molecular flexibility index (Phi) is 3.56. The van der Waals surface area contributed by atoms with E-state index in [2.05, 4.69) is 5.32 Å². The first-order valence-electron chi connectivity index (χ1n) is 5.74. The van der Waals surface area contributed by atoms with Crippen molar-refractivity contribution in [1.29, 1.82) is 0 Å². The number of nitrogen functional groups attached to an aromatic ring is 1. The molecule has 2 aromatic rings. The second-order valence-corrected chi connectivity index (χ2v) is 4.09. The van der Waals surface area contributed by atoms with Gasteiger partial charge >= 0.3 is 0 Å². The fourth-order valence-corrected chi connectivity index (χ4v) is 1.66. The van der Waals surface area contributed by atoms with Crippen molar-refractivity contribution in [3.63, 3.8) is 0 Å². The number of hydrogen-bond donors (Lipinski definition) is 2. The maximum Gasteiger partial charge on any atom is 0.257 e. The largest absolute Gasteiger partial charge is 0.398 e. The van der Waals surface area contributed by atoms with Gasteiger partial charge in [-0.3, -0.25) is 4.79 Å². The third-order valence-corrected chi connectivity index (χ3v) is 2.69. The van der Waals surface area contributed by atoms with E-state index in [-0.39, 0.29) is 5.91 Å². The summed E-state index contributed by atoms with van der Waals surface area (Å²) in [4.78, 5) is 23.0. The van der Waals surface area contributed by atoms with Gasteiger partial charge in [-0.1, -0.05) is 12.1 Å². The SMILES string of the molecule is C[N+](=O)c1ccc(NC(=O)c2ccccc2N)cc1. The van der Waals surface area contributed by atoms with Crippen LogP contribution in [-0.2, 0) is 0 Å². The van der Waals surface area contributed by atoms with Gasteiger partial charge in [-0.05, 0) is 24.3 Å².